The molecule has 1 aliphatic rings. The number of hydrogen-bond acceptors (Lipinski definition) is 4. The van der Waals surface area contributed by atoms with E-state index < -0.39 is 0 Å². The van der Waals surface area contributed by atoms with Crippen molar-refractivity contribution in [3.8, 4) is 0 Å². The van der Waals surface area contributed by atoms with Crippen LogP contribution in [0.25, 0.3) is 0 Å². The van der Waals surface area contributed by atoms with Gasteiger partial charge in [-0.15, -0.1) is 0 Å². The van der Waals surface area contributed by atoms with Gasteiger partial charge >= 0.3 is 0 Å². The molecule has 3 N–H and O–H groups in total. The average molecular weight is 264 g/mol. The summed E-state index contributed by atoms with van der Waals surface area (Å²) in [6.07, 6.45) is 1.08. The molecule has 0 bridgehead atoms. The first-order valence-electron chi connectivity index (χ1n) is 6.51. The van der Waals surface area contributed by atoms with Gasteiger partial charge in [-0.25, -0.2) is 0 Å². The molecule has 0 spiro atoms. The molecule has 2 atom stereocenters. The van der Waals surface area contributed by atoms with Gasteiger partial charge in [-0.05, 0) is 25.5 Å². The Bertz CT molecular complexity index is 430. The highest BCUT2D eigenvalue weighted by Crippen LogP contribution is 2.11. The number of nitrogens with two attached hydrogens (primary N) is 1. The van der Waals surface area contributed by atoms with Crippen LogP contribution in [0.15, 0.2) is 24.3 Å². The molecular weight excluding hydrogens is 244 g/mol. The van der Waals surface area contributed by atoms with E-state index in [0.717, 1.165) is 13.0 Å². The Morgan fingerprint density at radius 1 is 1.58 bits per heavy atom. The van der Waals surface area contributed by atoms with Crippen LogP contribution in [0.2, 0.25) is 0 Å². The zero-order chi connectivity index (χ0) is 13.7. The molecule has 1 amide bonds. The van der Waals surface area contributed by atoms with E-state index in [1.54, 1.807) is 24.3 Å². The van der Waals surface area contributed by atoms with Crippen molar-refractivity contribution in [1.82, 2.24) is 5.32 Å². The average Bonchev–Trinajstić information content (AvgIpc) is 2.90. The number of rotatable bonds is 5. The predicted molar refractivity (Wildman–Crippen MR) is 73.0 cm³/mol. The molecular formula is C14H20N2O3. The molecule has 0 aromatic heterocycles. The summed E-state index contributed by atoms with van der Waals surface area (Å²) in [5, 5.41) is 2.88. The Hall–Kier alpha value is -1.59. The summed E-state index contributed by atoms with van der Waals surface area (Å²) >= 11 is 0. The Kier molecular flexibility index (Phi) is 4.76. The summed E-state index contributed by atoms with van der Waals surface area (Å²) in [6.45, 7) is 3.79. The Labute approximate surface area is 113 Å². The molecule has 0 radical (unpaired) electrons. The van der Waals surface area contributed by atoms with Gasteiger partial charge in [-0.3, -0.25) is 4.79 Å². The molecule has 1 aromatic rings. The highest BCUT2D eigenvalue weighted by atomic mass is 16.5. The van der Waals surface area contributed by atoms with Crippen LogP contribution in [0.4, 0.5) is 5.69 Å². The van der Waals surface area contributed by atoms with Crippen molar-refractivity contribution in [2.75, 3.05) is 25.6 Å². The van der Waals surface area contributed by atoms with Crippen LogP contribution < -0.4 is 11.1 Å². The summed E-state index contributed by atoms with van der Waals surface area (Å²) in [7, 11) is 0. The largest absolute Gasteiger partial charge is 0.398 e. The molecule has 1 aromatic carbocycles. The fourth-order valence-electron chi connectivity index (χ4n) is 1.97. The van der Waals surface area contributed by atoms with Gasteiger partial charge < -0.3 is 20.5 Å². The van der Waals surface area contributed by atoms with Gasteiger partial charge in [0.15, 0.2) is 0 Å². The van der Waals surface area contributed by atoms with Crippen LogP contribution in [0.1, 0.15) is 23.7 Å². The molecule has 104 valence electrons. The molecule has 5 heteroatoms. The van der Waals surface area contributed by atoms with Crippen molar-refractivity contribution in [3.63, 3.8) is 0 Å². The number of ether oxygens (including phenoxy) is 2. The Balaban J connectivity index is 1.79. The fraction of sp³-hybridized carbons (Fsp3) is 0.500. The van der Waals surface area contributed by atoms with E-state index >= 15 is 0 Å². The second-order valence-electron chi connectivity index (χ2n) is 4.78. The van der Waals surface area contributed by atoms with E-state index in [9.17, 15) is 4.79 Å². The van der Waals surface area contributed by atoms with E-state index in [1.165, 1.54) is 0 Å². The van der Waals surface area contributed by atoms with Gasteiger partial charge in [0.25, 0.3) is 5.91 Å². The lowest BCUT2D eigenvalue weighted by atomic mass is 10.1. The quantitative estimate of drug-likeness (QED) is 0.784. The zero-order valence-electron chi connectivity index (χ0n) is 11.1. The molecule has 2 unspecified atom stereocenters. The topological polar surface area (TPSA) is 73.6 Å². The van der Waals surface area contributed by atoms with Gasteiger partial charge in [0.1, 0.15) is 0 Å². The van der Waals surface area contributed by atoms with E-state index in [-0.39, 0.29) is 18.1 Å². The smallest absolute Gasteiger partial charge is 0.253 e. The minimum Gasteiger partial charge on any atom is -0.398 e. The third-order valence-corrected chi connectivity index (χ3v) is 3.05. The Morgan fingerprint density at radius 2 is 2.37 bits per heavy atom. The first kappa shape index (κ1) is 13.8. The molecule has 1 fully saturated rings. The third-order valence-electron chi connectivity index (χ3n) is 3.05. The van der Waals surface area contributed by atoms with Crippen molar-refractivity contribution in [3.05, 3.63) is 29.8 Å². The number of nitrogen functional groups attached to an aromatic ring is 1. The number of benzene rings is 1. The number of amides is 1. The van der Waals surface area contributed by atoms with Gasteiger partial charge in [0, 0.05) is 18.3 Å². The molecule has 2 rings (SSSR count). The van der Waals surface area contributed by atoms with Crippen LogP contribution in [0.5, 0.6) is 0 Å². The van der Waals surface area contributed by atoms with Crippen molar-refractivity contribution in [2.45, 2.75) is 25.5 Å². The van der Waals surface area contributed by atoms with E-state index in [0.29, 0.717) is 24.5 Å². The van der Waals surface area contributed by atoms with Crippen molar-refractivity contribution < 1.29 is 14.3 Å². The summed E-state index contributed by atoms with van der Waals surface area (Å²) < 4.78 is 10.9. The fourth-order valence-corrected chi connectivity index (χ4v) is 1.97. The second kappa shape index (κ2) is 6.54. The van der Waals surface area contributed by atoms with Crippen LogP contribution in [-0.4, -0.2) is 37.9 Å². The number of carbonyl (C=O) groups excluding carboxylic acids is 1. The van der Waals surface area contributed by atoms with Crippen LogP contribution >= 0.6 is 0 Å². The summed E-state index contributed by atoms with van der Waals surface area (Å²) in [6, 6.07) is 6.96. The predicted octanol–water partition coefficient (Wildman–Crippen LogP) is 1.19. The van der Waals surface area contributed by atoms with E-state index in [2.05, 4.69) is 5.32 Å². The summed E-state index contributed by atoms with van der Waals surface area (Å²) in [4.78, 5) is 12.0. The third kappa shape index (κ3) is 3.94. The maximum atomic E-state index is 12.0. The van der Waals surface area contributed by atoms with Gasteiger partial charge in [-0.2, -0.15) is 0 Å². The highest BCUT2D eigenvalue weighted by Gasteiger charge is 2.18. The minimum atomic E-state index is -0.170. The molecule has 1 heterocycles. The van der Waals surface area contributed by atoms with Gasteiger partial charge in [-0.1, -0.05) is 12.1 Å². The summed E-state index contributed by atoms with van der Waals surface area (Å²) in [5.41, 5.74) is 6.74. The maximum absolute atomic E-state index is 12.0. The normalized spacial score (nSPS) is 20.2. The standard InChI is InChI=1S/C14H20N2O3/c1-10(8-19-11-6-7-18-9-11)16-14(17)12-4-2-3-5-13(12)15/h2-5,10-11H,6-9,15H2,1H3,(H,16,17). The summed E-state index contributed by atoms with van der Waals surface area (Å²) in [5.74, 6) is -0.170. The number of anilines is 1. The first-order chi connectivity index (χ1) is 9.16. The molecule has 0 aliphatic carbocycles. The van der Waals surface area contributed by atoms with Crippen molar-refractivity contribution in [2.24, 2.45) is 0 Å². The lowest BCUT2D eigenvalue weighted by Crippen LogP contribution is -2.37. The number of carbonyl (C=O) groups is 1. The van der Waals surface area contributed by atoms with E-state index in [1.807, 2.05) is 6.92 Å². The minimum absolute atomic E-state index is 0.0623. The monoisotopic (exact) mass is 264 g/mol. The lowest BCUT2D eigenvalue weighted by Gasteiger charge is -2.17. The Morgan fingerprint density at radius 3 is 3.05 bits per heavy atom. The second-order valence-corrected chi connectivity index (χ2v) is 4.78. The molecule has 0 saturated carbocycles. The van der Waals surface area contributed by atoms with Crippen LogP contribution in [0, 0.1) is 0 Å². The van der Waals surface area contributed by atoms with Crippen molar-refractivity contribution >= 4 is 11.6 Å². The van der Waals surface area contributed by atoms with Crippen molar-refractivity contribution in [1.29, 1.82) is 0 Å². The van der Waals surface area contributed by atoms with E-state index in [4.69, 9.17) is 15.2 Å². The number of nitrogens with one attached hydrogen (secondary N) is 1. The number of para-hydroxylation sites is 1. The maximum Gasteiger partial charge on any atom is 0.253 e. The number of hydrogen-bond donors (Lipinski definition) is 2. The molecule has 1 saturated heterocycles. The lowest BCUT2D eigenvalue weighted by molar-refractivity contribution is 0.0318. The molecule has 5 nitrogen and oxygen atoms in total. The molecule has 1 aliphatic heterocycles. The molecule has 19 heavy (non-hydrogen) atoms. The van der Waals surface area contributed by atoms with Crippen LogP contribution in [0.3, 0.4) is 0 Å². The van der Waals surface area contributed by atoms with Gasteiger partial charge in [0.05, 0.1) is 24.9 Å². The SMILES string of the molecule is CC(COC1CCOC1)NC(=O)c1ccccc1N. The zero-order valence-corrected chi connectivity index (χ0v) is 11.1. The van der Waals surface area contributed by atoms with Crippen LogP contribution in [-0.2, 0) is 9.47 Å². The van der Waals surface area contributed by atoms with Gasteiger partial charge in [0.2, 0.25) is 0 Å². The highest BCUT2D eigenvalue weighted by molar-refractivity contribution is 5.99. The first-order valence-corrected chi connectivity index (χ1v) is 6.51.